The van der Waals surface area contributed by atoms with E-state index in [0.717, 1.165) is 0 Å². The number of nitro benzene ring substituents is 1. The number of benzene rings is 1. The first-order chi connectivity index (χ1) is 13.1. The highest BCUT2D eigenvalue weighted by Crippen LogP contribution is 2.29. The average molecular weight is 408 g/mol. The van der Waals surface area contributed by atoms with E-state index in [0.29, 0.717) is 23.5 Å². The summed E-state index contributed by atoms with van der Waals surface area (Å²) in [6.07, 6.45) is 0.429. The van der Waals surface area contributed by atoms with Crippen LogP contribution in [0.5, 0.6) is 5.75 Å². The summed E-state index contributed by atoms with van der Waals surface area (Å²) in [5, 5.41) is 18.0. The van der Waals surface area contributed by atoms with E-state index >= 15 is 0 Å². The highest BCUT2D eigenvalue weighted by atomic mass is 32.2. The summed E-state index contributed by atoms with van der Waals surface area (Å²) in [6, 6.07) is 5.76. The number of nitrogens with zero attached hydrogens (tertiary/aromatic N) is 3. The largest absolute Gasteiger partial charge is 0.477 e. The second-order valence-corrected chi connectivity index (χ2v) is 8.97. The minimum atomic E-state index is -3.10. The zero-order chi connectivity index (χ0) is 20.5. The van der Waals surface area contributed by atoms with Crippen LogP contribution >= 0.6 is 0 Å². The Balaban J connectivity index is 1.69. The van der Waals surface area contributed by atoms with Crippen LogP contribution in [-0.2, 0) is 14.6 Å². The van der Waals surface area contributed by atoms with Gasteiger partial charge in [-0.1, -0.05) is 6.07 Å². The van der Waals surface area contributed by atoms with Crippen molar-refractivity contribution in [2.45, 2.75) is 26.3 Å². The van der Waals surface area contributed by atoms with E-state index in [1.165, 1.54) is 16.8 Å². The van der Waals surface area contributed by atoms with E-state index in [9.17, 15) is 23.3 Å². The molecular weight excluding hydrogens is 388 g/mol. The van der Waals surface area contributed by atoms with Crippen LogP contribution in [0.4, 0.5) is 11.5 Å². The molecule has 28 heavy (non-hydrogen) atoms. The van der Waals surface area contributed by atoms with Crippen molar-refractivity contribution in [2.24, 2.45) is 0 Å². The summed E-state index contributed by atoms with van der Waals surface area (Å²) in [5.41, 5.74) is 1.12. The summed E-state index contributed by atoms with van der Waals surface area (Å²) in [5.74, 6) is -0.103. The van der Waals surface area contributed by atoms with Crippen LogP contribution in [0.15, 0.2) is 24.3 Å². The Kier molecular flexibility index (Phi) is 5.36. The summed E-state index contributed by atoms with van der Waals surface area (Å²) >= 11 is 0. The second-order valence-electron chi connectivity index (χ2n) is 6.74. The van der Waals surface area contributed by atoms with Crippen molar-refractivity contribution in [3.8, 4) is 5.75 Å². The Morgan fingerprint density at radius 3 is 2.79 bits per heavy atom. The molecule has 2 aromatic rings. The number of sulfone groups is 1. The topological polar surface area (TPSA) is 133 Å². The number of anilines is 1. The molecule has 0 spiro atoms. The van der Waals surface area contributed by atoms with Crippen molar-refractivity contribution < 1.29 is 22.9 Å². The maximum atomic E-state index is 12.3. The Labute approximate surface area is 161 Å². The van der Waals surface area contributed by atoms with Gasteiger partial charge in [0.2, 0.25) is 0 Å². The predicted molar refractivity (Wildman–Crippen MR) is 101 cm³/mol. The average Bonchev–Trinajstić information content (AvgIpc) is 3.15. The lowest BCUT2D eigenvalue weighted by atomic mass is 10.2. The second kappa shape index (κ2) is 7.58. The van der Waals surface area contributed by atoms with Gasteiger partial charge in [-0.15, -0.1) is 0 Å². The fraction of sp³-hybridized carbons (Fsp3) is 0.412. The Bertz CT molecular complexity index is 1030. The van der Waals surface area contributed by atoms with Gasteiger partial charge < -0.3 is 10.1 Å². The molecule has 11 heteroatoms. The van der Waals surface area contributed by atoms with Gasteiger partial charge in [-0.05, 0) is 31.9 Å². The molecule has 1 aliphatic rings. The van der Waals surface area contributed by atoms with Crippen LogP contribution in [0.3, 0.4) is 0 Å². The number of aryl methyl sites for hydroxylation is 2. The molecule has 0 bridgehead atoms. The summed E-state index contributed by atoms with van der Waals surface area (Å²) in [6.45, 7) is 3.02. The number of nitrogens with one attached hydrogen (secondary N) is 1. The number of aromatic nitrogens is 2. The molecule has 1 unspecified atom stereocenters. The van der Waals surface area contributed by atoms with Gasteiger partial charge in [0, 0.05) is 12.1 Å². The smallest absolute Gasteiger partial charge is 0.311 e. The molecule has 1 aliphatic heterocycles. The van der Waals surface area contributed by atoms with Crippen LogP contribution in [0.1, 0.15) is 23.7 Å². The SMILES string of the molecule is Cc1ccc(OCC(=O)Nc2cc(C)nn2C2CCS(=O)(=O)C2)c([N+](=O)[O-])c1. The number of carbonyl (C=O) groups excluding carboxylic acids is 1. The number of rotatable bonds is 6. The van der Waals surface area contributed by atoms with Gasteiger partial charge in [-0.2, -0.15) is 5.10 Å². The van der Waals surface area contributed by atoms with Crippen LogP contribution < -0.4 is 10.1 Å². The Morgan fingerprint density at radius 2 is 2.14 bits per heavy atom. The van der Waals surface area contributed by atoms with Gasteiger partial charge >= 0.3 is 5.69 Å². The zero-order valence-corrected chi connectivity index (χ0v) is 16.2. The quantitative estimate of drug-likeness (QED) is 0.569. The number of carbonyl (C=O) groups is 1. The third kappa shape index (κ3) is 4.47. The van der Waals surface area contributed by atoms with Crippen LogP contribution in [0, 0.1) is 24.0 Å². The van der Waals surface area contributed by atoms with Crippen LogP contribution in [0.2, 0.25) is 0 Å². The van der Waals surface area contributed by atoms with E-state index < -0.39 is 27.3 Å². The molecule has 150 valence electrons. The first kappa shape index (κ1) is 19.8. The first-order valence-corrected chi connectivity index (χ1v) is 10.4. The van der Waals surface area contributed by atoms with E-state index in [2.05, 4.69) is 10.4 Å². The molecule has 1 aromatic heterocycles. The number of hydrogen-bond donors (Lipinski definition) is 1. The number of amides is 1. The maximum absolute atomic E-state index is 12.3. The fourth-order valence-corrected chi connectivity index (χ4v) is 4.76. The van der Waals surface area contributed by atoms with Gasteiger partial charge in [0.25, 0.3) is 5.91 Å². The van der Waals surface area contributed by atoms with Crippen LogP contribution in [-0.4, -0.2) is 47.1 Å². The molecule has 1 atom stereocenters. The predicted octanol–water partition coefficient (Wildman–Crippen LogP) is 1.79. The zero-order valence-electron chi connectivity index (χ0n) is 15.4. The molecule has 10 nitrogen and oxygen atoms in total. The van der Waals surface area contributed by atoms with Crippen molar-refractivity contribution in [3.63, 3.8) is 0 Å². The van der Waals surface area contributed by atoms with Gasteiger partial charge in [-0.25, -0.2) is 13.1 Å². The van der Waals surface area contributed by atoms with E-state index in [4.69, 9.17) is 4.74 Å². The standard InChI is InChI=1S/C17H20N4O6S/c1-11-3-4-15(14(7-11)21(23)24)27-9-17(22)18-16-8-12(2)19-20(16)13-5-6-28(25,26)10-13/h3-4,7-8,13H,5-6,9-10H2,1-2H3,(H,18,22). The third-order valence-electron chi connectivity index (χ3n) is 4.35. The van der Waals surface area contributed by atoms with E-state index in [1.54, 1.807) is 26.0 Å². The van der Waals surface area contributed by atoms with Crippen LogP contribution in [0.25, 0.3) is 0 Å². The lowest BCUT2D eigenvalue weighted by molar-refractivity contribution is -0.385. The van der Waals surface area contributed by atoms with Gasteiger partial charge in [0.15, 0.2) is 22.2 Å². The molecule has 1 saturated heterocycles. The highest BCUT2D eigenvalue weighted by molar-refractivity contribution is 7.91. The van der Waals surface area contributed by atoms with E-state index in [1.807, 2.05) is 0 Å². The van der Waals surface area contributed by atoms with Gasteiger partial charge in [-0.3, -0.25) is 14.9 Å². The molecule has 1 aromatic carbocycles. The molecule has 3 rings (SSSR count). The summed E-state index contributed by atoms with van der Waals surface area (Å²) in [4.78, 5) is 22.8. The lowest BCUT2D eigenvalue weighted by Crippen LogP contribution is -2.24. The maximum Gasteiger partial charge on any atom is 0.311 e. The van der Waals surface area contributed by atoms with Crippen molar-refractivity contribution in [1.82, 2.24) is 9.78 Å². The molecule has 1 N–H and O–H groups in total. The summed E-state index contributed by atoms with van der Waals surface area (Å²) < 4.78 is 30.3. The normalized spacial score (nSPS) is 18.0. The molecule has 0 radical (unpaired) electrons. The van der Waals surface area contributed by atoms with Gasteiger partial charge in [0.1, 0.15) is 5.82 Å². The Morgan fingerprint density at radius 1 is 1.39 bits per heavy atom. The van der Waals surface area contributed by atoms with Crippen molar-refractivity contribution in [2.75, 3.05) is 23.4 Å². The van der Waals surface area contributed by atoms with Crippen molar-refractivity contribution in [1.29, 1.82) is 0 Å². The third-order valence-corrected chi connectivity index (χ3v) is 6.10. The Hall–Kier alpha value is -2.95. The highest BCUT2D eigenvalue weighted by Gasteiger charge is 2.31. The molecular formula is C17H20N4O6S. The minimum absolute atomic E-state index is 0.00248. The molecule has 1 fully saturated rings. The molecule has 0 saturated carbocycles. The summed E-state index contributed by atoms with van der Waals surface area (Å²) in [7, 11) is -3.10. The minimum Gasteiger partial charge on any atom is -0.477 e. The first-order valence-electron chi connectivity index (χ1n) is 8.59. The lowest BCUT2D eigenvalue weighted by Gasteiger charge is -2.14. The number of hydrogen-bond acceptors (Lipinski definition) is 7. The fourth-order valence-electron chi connectivity index (χ4n) is 3.07. The molecule has 1 amide bonds. The van der Waals surface area contributed by atoms with E-state index in [-0.39, 0.29) is 29.0 Å². The molecule has 0 aliphatic carbocycles. The number of nitro groups is 1. The van der Waals surface area contributed by atoms with Crippen molar-refractivity contribution in [3.05, 3.63) is 45.6 Å². The number of ether oxygens (including phenoxy) is 1. The monoisotopic (exact) mass is 408 g/mol. The van der Waals surface area contributed by atoms with Gasteiger partial charge in [0.05, 0.1) is 28.2 Å². The van der Waals surface area contributed by atoms with Crippen molar-refractivity contribution >= 4 is 27.2 Å². The molecule has 2 heterocycles.